The molecule has 0 fully saturated rings. The Bertz CT molecular complexity index is 567. The molecule has 4 N–H and O–H groups in total. The number of hydrogen-bond acceptors (Lipinski definition) is 5. The predicted octanol–water partition coefficient (Wildman–Crippen LogP) is 0.703. The van der Waals surface area contributed by atoms with E-state index >= 15 is 0 Å². The smallest absolute Gasteiger partial charge is 0.295 e. The second-order valence-corrected chi connectivity index (χ2v) is 3.86. The molecule has 0 aliphatic rings. The van der Waals surface area contributed by atoms with Crippen LogP contribution in [-0.2, 0) is 0 Å². The molecule has 1 aromatic carbocycles. The first-order valence-electron chi connectivity index (χ1n) is 5.82. The van der Waals surface area contributed by atoms with Crippen molar-refractivity contribution in [2.24, 2.45) is 5.73 Å². The molecule has 0 bridgehead atoms. The Labute approximate surface area is 110 Å². The summed E-state index contributed by atoms with van der Waals surface area (Å²) in [7, 11) is 0. The molecule has 0 saturated carbocycles. The first kappa shape index (κ1) is 13.0. The zero-order valence-corrected chi connectivity index (χ0v) is 10.5. The molecular formula is C12H15N5O2. The number of anilines is 1. The summed E-state index contributed by atoms with van der Waals surface area (Å²) in [5, 5.41) is 9.10. The molecule has 7 nitrogen and oxygen atoms in total. The molecule has 0 radical (unpaired) electrons. The van der Waals surface area contributed by atoms with E-state index in [9.17, 15) is 4.79 Å². The molecule has 7 heteroatoms. The van der Waals surface area contributed by atoms with Gasteiger partial charge in [0.15, 0.2) is 0 Å². The zero-order valence-electron chi connectivity index (χ0n) is 10.5. The average molecular weight is 261 g/mol. The number of nitrogens with zero attached hydrogens (tertiary/aromatic N) is 2. The van der Waals surface area contributed by atoms with Crippen molar-refractivity contribution < 1.29 is 9.53 Å². The van der Waals surface area contributed by atoms with Gasteiger partial charge in [0, 0.05) is 18.3 Å². The van der Waals surface area contributed by atoms with Crippen LogP contribution in [-0.4, -0.2) is 34.2 Å². The Hall–Kier alpha value is -2.41. The van der Waals surface area contributed by atoms with Crippen LogP contribution in [0.25, 0.3) is 0 Å². The second-order valence-electron chi connectivity index (χ2n) is 3.86. The Morgan fingerprint density at radius 1 is 1.53 bits per heavy atom. The molecule has 0 saturated heterocycles. The number of ether oxygens (including phenoxy) is 1. The van der Waals surface area contributed by atoms with Gasteiger partial charge in [-0.05, 0) is 19.1 Å². The number of nitrogens with two attached hydrogens (primary N) is 1. The van der Waals surface area contributed by atoms with Gasteiger partial charge in [-0.25, -0.2) is 4.98 Å². The predicted molar refractivity (Wildman–Crippen MR) is 70.1 cm³/mol. The van der Waals surface area contributed by atoms with E-state index < -0.39 is 0 Å². The van der Waals surface area contributed by atoms with E-state index in [0.717, 1.165) is 0 Å². The van der Waals surface area contributed by atoms with Crippen molar-refractivity contribution in [2.45, 2.75) is 6.92 Å². The number of aromatic nitrogens is 3. The fourth-order valence-electron chi connectivity index (χ4n) is 1.47. The van der Waals surface area contributed by atoms with Crippen LogP contribution in [0.3, 0.4) is 0 Å². The van der Waals surface area contributed by atoms with Crippen molar-refractivity contribution in [3.63, 3.8) is 0 Å². The van der Waals surface area contributed by atoms with Crippen LogP contribution in [0.5, 0.6) is 5.75 Å². The van der Waals surface area contributed by atoms with Crippen LogP contribution in [0.4, 0.5) is 5.69 Å². The summed E-state index contributed by atoms with van der Waals surface area (Å²) in [6.45, 7) is 2.59. The highest BCUT2D eigenvalue weighted by molar-refractivity contribution is 6.01. The van der Waals surface area contributed by atoms with Gasteiger partial charge < -0.3 is 15.8 Å². The summed E-state index contributed by atoms with van der Waals surface area (Å²) in [5.41, 5.74) is 5.97. The summed E-state index contributed by atoms with van der Waals surface area (Å²) < 4.78 is 5.37. The minimum Gasteiger partial charge on any atom is -0.492 e. The van der Waals surface area contributed by atoms with Crippen LogP contribution >= 0.6 is 0 Å². The topological polar surface area (TPSA) is 106 Å². The zero-order chi connectivity index (χ0) is 13.7. The first-order chi connectivity index (χ1) is 9.19. The van der Waals surface area contributed by atoms with Crippen molar-refractivity contribution in [3.05, 3.63) is 35.9 Å². The van der Waals surface area contributed by atoms with E-state index in [1.807, 2.05) is 0 Å². The van der Waals surface area contributed by atoms with Crippen LogP contribution in [0, 0.1) is 6.92 Å². The monoisotopic (exact) mass is 261 g/mol. The van der Waals surface area contributed by atoms with Crippen molar-refractivity contribution in [1.82, 2.24) is 15.2 Å². The van der Waals surface area contributed by atoms with E-state index in [2.05, 4.69) is 20.5 Å². The van der Waals surface area contributed by atoms with E-state index in [0.29, 0.717) is 30.4 Å². The number of nitrogens with one attached hydrogen (secondary N) is 2. The van der Waals surface area contributed by atoms with E-state index in [1.54, 1.807) is 31.2 Å². The average Bonchev–Trinajstić information content (AvgIpc) is 2.83. The number of benzene rings is 1. The van der Waals surface area contributed by atoms with E-state index in [-0.39, 0.29) is 11.7 Å². The fourth-order valence-corrected chi connectivity index (χ4v) is 1.47. The number of H-pyrrole nitrogens is 1. The molecule has 0 aliphatic heterocycles. The van der Waals surface area contributed by atoms with Gasteiger partial charge in [-0.3, -0.25) is 9.89 Å². The minimum absolute atomic E-state index is 0.103. The fraction of sp³-hybridized carbons (Fsp3) is 0.250. The number of amides is 1. The third kappa shape index (κ3) is 3.52. The molecule has 2 aromatic rings. The highest BCUT2D eigenvalue weighted by Crippen LogP contribution is 2.17. The van der Waals surface area contributed by atoms with Gasteiger partial charge in [-0.2, -0.15) is 0 Å². The van der Waals surface area contributed by atoms with Crippen LogP contribution < -0.4 is 15.8 Å². The lowest BCUT2D eigenvalue weighted by Gasteiger charge is -2.07. The van der Waals surface area contributed by atoms with Crippen LogP contribution in [0.2, 0.25) is 0 Å². The lowest BCUT2D eigenvalue weighted by molar-refractivity contribution is 0.101. The molecule has 0 unspecified atom stereocenters. The lowest BCUT2D eigenvalue weighted by Crippen LogP contribution is -2.14. The molecule has 1 amide bonds. The Morgan fingerprint density at radius 2 is 2.37 bits per heavy atom. The highest BCUT2D eigenvalue weighted by Gasteiger charge is 2.11. The molecule has 0 spiro atoms. The number of hydrogen-bond donors (Lipinski definition) is 3. The molecule has 1 heterocycles. The van der Waals surface area contributed by atoms with E-state index in [4.69, 9.17) is 10.5 Å². The maximum atomic E-state index is 11.8. The van der Waals surface area contributed by atoms with Gasteiger partial charge in [0.2, 0.25) is 5.82 Å². The van der Waals surface area contributed by atoms with Gasteiger partial charge in [0.25, 0.3) is 5.91 Å². The summed E-state index contributed by atoms with van der Waals surface area (Å²) in [6.07, 6.45) is 0. The molecule has 19 heavy (non-hydrogen) atoms. The van der Waals surface area contributed by atoms with Crippen molar-refractivity contribution in [2.75, 3.05) is 18.5 Å². The van der Waals surface area contributed by atoms with Crippen LogP contribution in [0.1, 0.15) is 16.4 Å². The number of aromatic amines is 1. The maximum Gasteiger partial charge on any atom is 0.295 e. The first-order valence-corrected chi connectivity index (χ1v) is 5.82. The van der Waals surface area contributed by atoms with Gasteiger partial charge >= 0.3 is 0 Å². The summed E-state index contributed by atoms with van der Waals surface area (Å²) >= 11 is 0. The van der Waals surface area contributed by atoms with Crippen molar-refractivity contribution >= 4 is 11.6 Å². The number of aryl methyl sites for hydroxylation is 1. The molecular weight excluding hydrogens is 246 g/mol. The van der Waals surface area contributed by atoms with E-state index in [1.165, 1.54) is 0 Å². The van der Waals surface area contributed by atoms with Crippen LogP contribution in [0.15, 0.2) is 24.3 Å². The number of carbonyl (C=O) groups is 1. The van der Waals surface area contributed by atoms with Gasteiger partial charge in [-0.1, -0.05) is 6.07 Å². The van der Waals surface area contributed by atoms with Gasteiger partial charge in [0.1, 0.15) is 18.2 Å². The molecule has 0 aliphatic carbocycles. The Morgan fingerprint density at radius 3 is 3.05 bits per heavy atom. The normalized spacial score (nSPS) is 10.2. The second kappa shape index (κ2) is 5.96. The van der Waals surface area contributed by atoms with Gasteiger partial charge in [-0.15, -0.1) is 5.10 Å². The molecule has 1 aromatic heterocycles. The molecule has 2 rings (SSSR count). The lowest BCUT2D eigenvalue weighted by atomic mass is 10.3. The Kier molecular flexibility index (Phi) is 4.09. The number of rotatable bonds is 5. The maximum absolute atomic E-state index is 11.8. The largest absolute Gasteiger partial charge is 0.492 e. The molecule has 0 atom stereocenters. The summed E-state index contributed by atoms with van der Waals surface area (Å²) in [4.78, 5) is 15.8. The SMILES string of the molecule is Cc1nc(C(=O)Nc2cccc(OCCN)c2)n[nH]1. The quantitative estimate of drug-likeness (QED) is 0.734. The third-order valence-electron chi connectivity index (χ3n) is 2.28. The Balaban J connectivity index is 2.04. The standard InChI is InChI=1S/C12H15N5O2/c1-8-14-11(17-16-8)12(18)15-9-3-2-4-10(7-9)19-6-5-13/h2-4,7H,5-6,13H2,1H3,(H,15,18)(H,14,16,17). The molecule has 100 valence electrons. The third-order valence-corrected chi connectivity index (χ3v) is 2.28. The number of carbonyl (C=O) groups excluding carboxylic acids is 1. The van der Waals surface area contributed by atoms with Gasteiger partial charge in [0.05, 0.1) is 0 Å². The van der Waals surface area contributed by atoms with Crippen molar-refractivity contribution in [3.8, 4) is 5.75 Å². The summed E-state index contributed by atoms with van der Waals surface area (Å²) in [6, 6.07) is 7.05. The summed E-state index contributed by atoms with van der Waals surface area (Å²) in [5.74, 6) is 0.964. The minimum atomic E-state index is -0.375. The van der Waals surface area contributed by atoms with Crippen molar-refractivity contribution in [1.29, 1.82) is 0 Å². The highest BCUT2D eigenvalue weighted by atomic mass is 16.5.